The zero-order chi connectivity index (χ0) is 19.3. The third-order valence-corrected chi connectivity index (χ3v) is 6.18. The van der Waals surface area contributed by atoms with E-state index in [0.29, 0.717) is 12.4 Å². The van der Waals surface area contributed by atoms with Gasteiger partial charge in [-0.1, -0.05) is 64.0 Å². The van der Waals surface area contributed by atoms with Gasteiger partial charge >= 0.3 is 5.97 Å². The summed E-state index contributed by atoms with van der Waals surface area (Å²) in [5, 5.41) is 8.81. The smallest absolute Gasteiger partial charge is 0.307 e. The molecular weight excluding hydrogens is 349 g/mol. The molecule has 0 bridgehead atoms. The van der Waals surface area contributed by atoms with Crippen molar-refractivity contribution in [3.8, 4) is 5.75 Å². The Morgan fingerprint density at radius 3 is 2.15 bits per heavy atom. The van der Waals surface area contributed by atoms with Crippen LogP contribution in [0.3, 0.4) is 0 Å². The van der Waals surface area contributed by atoms with Crippen molar-refractivity contribution in [2.24, 2.45) is 4.74 Å². The molecule has 5 nitrogen and oxygen atoms in total. The number of hydrogen-bond donors (Lipinski definition) is 1. The fourth-order valence-electron chi connectivity index (χ4n) is 2.63. The normalized spacial score (nSPS) is 13.2. The summed E-state index contributed by atoms with van der Waals surface area (Å²) in [6.45, 7) is 4.80. The molecule has 1 N–H and O–H groups in total. The second-order valence-electron chi connectivity index (χ2n) is 6.62. The number of unbranched alkanes of at least 4 members (excludes halogenated alkanes) is 7. The molecular formula is C20H34NO4P. The van der Waals surface area contributed by atoms with E-state index in [0.717, 1.165) is 12.0 Å². The van der Waals surface area contributed by atoms with Crippen LogP contribution >= 0.6 is 7.51 Å². The Balaban J connectivity index is 2.31. The van der Waals surface area contributed by atoms with Crippen LogP contribution in [0.2, 0.25) is 0 Å². The van der Waals surface area contributed by atoms with Crippen molar-refractivity contribution in [2.75, 3.05) is 20.3 Å². The standard InChI is InChI=1S/C20H34NO4P/c1-4-5-6-7-8-9-10-11-16-24-26(3,21-2)25-19-14-12-18(13-15-19)17-20(22)23/h12-15H,4-11,16-17H2,1-3H3,(H,22,23). The van der Waals surface area contributed by atoms with E-state index < -0.39 is 13.5 Å². The zero-order valence-corrected chi connectivity index (χ0v) is 17.3. The minimum atomic E-state index is -2.28. The van der Waals surface area contributed by atoms with E-state index >= 15 is 0 Å². The van der Waals surface area contributed by atoms with E-state index in [4.69, 9.17) is 14.2 Å². The maximum absolute atomic E-state index is 10.7. The first kappa shape index (κ1) is 22.7. The lowest BCUT2D eigenvalue weighted by atomic mass is 10.1. The second-order valence-corrected chi connectivity index (χ2v) is 9.06. The highest BCUT2D eigenvalue weighted by molar-refractivity contribution is 7.56. The Hall–Kier alpha value is -1.32. The van der Waals surface area contributed by atoms with Crippen molar-refractivity contribution >= 4 is 13.5 Å². The third kappa shape index (κ3) is 9.98. The molecule has 0 spiro atoms. The van der Waals surface area contributed by atoms with Crippen LogP contribution in [0.4, 0.5) is 0 Å². The highest BCUT2D eigenvalue weighted by Gasteiger charge is 2.15. The molecule has 1 rings (SSSR count). The summed E-state index contributed by atoms with van der Waals surface area (Å²) in [4.78, 5) is 10.7. The van der Waals surface area contributed by atoms with Crippen molar-refractivity contribution in [1.29, 1.82) is 0 Å². The van der Waals surface area contributed by atoms with Gasteiger partial charge in [-0.2, -0.15) is 0 Å². The highest BCUT2D eigenvalue weighted by atomic mass is 31.2. The summed E-state index contributed by atoms with van der Waals surface area (Å²) in [7, 11) is -0.554. The van der Waals surface area contributed by atoms with Crippen LogP contribution in [-0.4, -0.2) is 31.4 Å². The maximum atomic E-state index is 10.7. The molecule has 26 heavy (non-hydrogen) atoms. The van der Waals surface area contributed by atoms with Crippen molar-refractivity contribution < 1.29 is 18.9 Å². The molecule has 148 valence electrons. The van der Waals surface area contributed by atoms with Gasteiger partial charge in [-0.05, 0) is 24.1 Å². The molecule has 0 aliphatic heterocycles. The van der Waals surface area contributed by atoms with Gasteiger partial charge in [0.25, 0.3) is 7.51 Å². The Morgan fingerprint density at radius 2 is 1.62 bits per heavy atom. The van der Waals surface area contributed by atoms with Gasteiger partial charge in [0, 0.05) is 13.7 Å². The van der Waals surface area contributed by atoms with Crippen molar-refractivity contribution in [2.45, 2.75) is 64.7 Å². The lowest BCUT2D eigenvalue weighted by molar-refractivity contribution is -0.136. The van der Waals surface area contributed by atoms with Crippen molar-refractivity contribution in [3.05, 3.63) is 29.8 Å². The summed E-state index contributed by atoms with van der Waals surface area (Å²) in [5.41, 5.74) is 0.748. The van der Waals surface area contributed by atoms with Gasteiger partial charge in [0.05, 0.1) is 13.0 Å². The molecule has 0 aromatic heterocycles. The maximum Gasteiger partial charge on any atom is 0.307 e. The number of nitrogens with zero attached hydrogens (tertiary/aromatic N) is 1. The van der Waals surface area contributed by atoms with Crippen LogP contribution in [0, 0.1) is 0 Å². The summed E-state index contributed by atoms with van der Waals surface area (Å²) in [6, 6.07) is 7.09. The number of hydrogen-bond acceptors (Lipinski definition) is 4. The van der Waals surface area contributed by atoms with E-state index in [1.807, 2.05) is 6.66 Å². The average Bonchev–Trinajstić information content (AvgIpc) is 2.61. The molecule has 0 radical (unpaired) electrons. The minimum Gasteiger partial charge on any atom is -0.481 e. The van der Waals surface area contributed by atoms with Crippen LogP contribution in [0.5, 0.6) is 5.75 Å². The van der Waals surface area contributed by atoms with Gasteiger partial charge in [-0.3, -0.25) is 4.79 Å². The molecule has 6 heteroatoms. The molecule has 1 aromatic carbocycles. The predicted molar refractivity (Wildman–Crippen MR) is 108 cm³/mol. The Bertz CT molecular complexity index is 572. The molecule has 0 heterocycles. The first-order chi connectivity index (χ1) is 12.5. The first-order valence-corrected chi connectivity index (χ1v) is 11.6. The zero-order valence-electron chi connectivity index (χ0n) is 16.4. The quantitative estimate of drug-likeness (QED) is 0.309. The van der Waals surface area contributed by atoms with E-state index in [-0.39, 0.29) is 6.42 Å². The Kier molecular flexibility index (Phi) is 11.3. The fourth-order valence-corrected chi connectivity index (χ4v) is 3.86. The van der Waals surface area contributed by atoms with Gasteiger partial charge in [-0.25, -0.2) is 4.74 Å². The predicted octanol–water partition coefficient (Wildman–Crippen LogP) is 6.14. The summed E-state index contributed by atoms with van der Waals surface area (Å²) in [5.74, 6) is -0.176. The average molecular weight is 383 g/mol. The third-order valence-electron chi connectivity index (χ3n) is 4.25. The highest BCUT2D eigenvalue weighted by Crippen LogP contribution is 2.47. The summed E-state index contributed by atoms with van der Waals surface area (Å²) < 4.78 is 16.2. The molecule has 1 aromatic rings. The number of benzene rings is 1. The number of carboxylic acid groups (broad SMARTS) is 1. The Morgan fingerprint density at radius 1 is 1.04 bits per heavy atom. The van der Waals surface area contributed by atoms with Crippen LogP contribution in [-0.2, 0) is 15.7 Å². The van der Waals surface area contributed by atoms with E-state index in [1.54, 1.807) is 31.3 Å². The molecule has 0 saturated heterocycles. The summed E-state index contributed by atoms with van der Waals surface area (Å²) in [6.07, 6.45) is 10.1. The van der Waals surface area contributed by atoms with Crippen LogP contribution < -0.4 is 4.52 Å². The van der Waals surface area contributed by atoms with Crippen molar-refractivity contribution in [3.63, 3.8) is 0 Å². The van der Waals surface area contributed by atoms with E-state index in [2.05, 4.69) is 11.7 Å². The first-order valence-electron chi connectivity index (χ1n) is 9.62. The molecule has 0 aliphatic carbocycles. The van der Waals surface area contributed by atoms with Crippen LogP contribution in [0.25, 0.3) is 0 Å². The van der Waals surface area contributed by atoms with Gasteiger partial charge in [0.2, 0.25) is 0 Å². The molecule has 0 fully saturated rings. The lowest BCUT2D eigenvalue weighted by Gasteiger charge is -2.20. The van der Waals surface area contributed by atoms with E-state index in [9.17, 15) is 4.79 Å². The molecule has 0 aliphatic rings. The van der Waals surface area contributed by atoms with Crippen molar-refractivity contribution in [1.82, 2.24) is 0 Å². The van der Waals surface area contributed by atoms with E-state index in [1.165, 1.54) is 44.9 Å². The number of rotatable bonds is 14. The SMILES string of the molecule is CCCCCCCCCCOP(C)(=NC)Oc1ccc(CC(=O)O)cc1. The Labute approximate surface area is 158 Å². The largest absolute Gasteiger partial charge is 0.481 e. The van der Waals surface area contributed by atoms with Gasteiger partial charge in [0.15, 0.2) is 0 Å². The number of carboxylic acids is 1. The second kappa shape index (κ2) is 12.9. The monoisotopic (exact) mass is 383 g/mol. The van der Waals surface area contributed by atoms with Gasteiger partial charge < -0.3 is 14.2 Å². The molecule has 0 amide bonds. The fraction of sp³-hybridized carbons (Fsp3) is 0.650. The van der Waals surface area contributed by atoms with Gasteiger partial charge in [0.1, 0.15) is 5.75 Å². The number of carbonyl (C=O) groups is 1. The van der Waals surface area contributed by atoms with Crippen LogP contribution in [0.1, 0.15) is 63.9 Å². The minimum absolute atomic E-state index is 0.0137. The molecule has 1 unspecified atom stereocenters. The number of aliphatic carboxylic acids is 1. The molecule has 1 atom stereocenters. The molecule has 0 saturated carbocycles. The summed E-state index contributed by atoms with van der Waals surface area (Å²) >= 11 is 0. The van der Waals surface area contributed by atoms with Gasteiger partial charge in [-0.15, -0.1) is 0 Å². The van der Waals surface area contributed by atoms with Crippen LogP contribution in [0.15, 0.2) is 29.0 Å². The topological polar surface area (TPSA) is 68.1 Å². The lowest BCUT2D eigenvalue weighted by Crippen LogP contribution is -2.01.